The Balaban J connectivity index is 1.58. The predicted octanol–water partition coefficient (Wildman–Crippen LogP) is 3.22. The molecule has 0 aliphatic heterocycles. The molecule has 0 saturated heterocycles. The summed E-state index contributed by atoms with van der Waals surface area (Å²) in [7, 11) is 0. The Morgan fingerprint density at radius 1 is 1.18 bits per heavy atom. The largest absolute Gasteiger partial charge is 0.462 e. The van der Waals surface area contributed by atoms with E-state index in [2.05, 4.69) is 20.8 Å². The lowest BCUT2D eigenvalue weighted by Crippen LogP contribution is -2.65. The Hall–Kier alpha value is -0.940. The molecule has 0 bridgehead atoms. The number of aliphatic hydroxyl groups is 1. The van der Waals surface area contributed by atoms with Crippen LogP contribution < -0.4 is 5.73 Å². The molecule has 8 atom stereocenters. The van der Waals surface area contributed by atoms with Crippen LogP contribution in [0, 0.1) is 34.5 Å². The van der Waals surface area contributed by atoms with E-state index in [1.54, 1.807) is 0 Å². The lowest BCUT2D eigenvalue weighted by Gasteiger charge is -2.65. The molecule has 0 spiro atoms. The van der Waals surface area contributed by atoms with Crippen LogP contribution in [-0.4, -0.2) is 35.1 Å². The summed E-state index contributed by atoms with van der Waals surface area (Å²) in [4.78, 5) is 24.6. The number of esters is 1. The van der Waals surface area contributed by atoms with E-state index in [-0.39, 0.29) is 29.3 Å². The van der Waals surface area contributed by atoms with Crippen molar-refractivity contribution in [2.24, 2.45) is 40.2 Å². The minimum Gasteiger partial charge on any atom is -0.462 e. The van der Waals surface area contributed by atoms with Crippen molar-refractivity contribution in [1.29, 1.82) is 0 Å². The van der Waals surface area contributed by atoms with Gasteiger partial charge in [0.1, 0.15) is 11.9 Å². The highest BCUT2D eigenvalue weighted by Gasteiger charge is 2.66. The van der Waals surface area contributed by atoms with Gasteiger partial charge >= 0.3 is 5.97 Å². The second-order valence-corrected chi connectivity index (χ2v) is 10.7. The van der Waals surface area contributed by atoms with Crippen LogP contribution in [-0.2, 0) is 14.3 Å². The average molecular weight is 392 g/mol. The summed E-state index contributed by atoms with van der Waals surface area (Å²) in [6.45, 7) is 7.04. The lowest BCUT2D eigenvalue weighted by molar-refractivity contribution is -0.235. The van der Waals surface area contributed by atoms with Crippen molar-refractivity contribution < 1.29 is 19.4 Å². The first-order valence-corrected chi connectivity index (χ1v) is 11.3. The molecule has 3 N–H and O–H groups in total. The normalized spacial score (nSPS) is 50.5. The number of carbonyl (C=O) groups is 2. The van der Waals surface area contributed by atoms with Crippen LogP contribution in [0.2, 0.25) is 0 Å². The summed E-state index contributed by atoms with van der Waals surface area (Å²) in [5.74, 6) is 2.04. The van der Waals surface area contributed by atoms with E-state index < -0.39 is 5.60 Å². The van der Waals surface area contributed by atoms with E-state index in [1.165, 1.54) is 0 Å². The standard InChI is InChI=1S/C23H37NO4/c1-14-12-23(27)13-15(28-19(26)8-11-24)6-10-22(23,3)17-7-9-21(2)16(20(14)17)4-5-18(21)25/h14-17,20,27H,4-13,24H2,1-3H3/t14-,15+,16+,17+,20+,21+,22-,23-/m1/s1. The van der Waals surface area contributed by atoms with Crippen LogP contribution in [0.15, 0.2) is 0 Å². The maximum absolute atomic E-state index is 12.6. The third kappa shape index (κ3) is 2.79. The van der Waals surface area contributed by atoms with Crippen molar-refractivity contribution in [3.8, 4) is 0 Å². The fourth-order valence-corrected chi connectivity index (χ4v) is 7.89. The van der Waals surface area contributed by atoms with Gasteiger partial charge in [-0.1, -0.05) is 20.8 Å². The van der Waals surface area contributed by atoms with E-state index in [4.69, 9.17) is 10.5 Å². The van der Waals surface area contributed by atoms with E-state index in [9.17, 15) is 14.7 Å². The fraction of sp³-hybridized carbons (Fsp3) is 0.913. The number of rotatable bonds is 3. The zero-order valence-corrected chi connectivity index (χ0v) is 17.7. The molecule has 0 amide bonds. The summed E-state index contributed by atoms with van der Waals surface area (Å²) >= 11 is 0. The molecule has 0 aromatic heterocycles. The molecule has 0 heterocycles. The lowest BCUT2D eigenvalue weighted by atomic mass is 9.41. The molecule has 0 radical (unpaired) electrons. The van der Waals surface area contributed by atoms with Crippen molar-refractivity contribution >= 4 is 11.8 Å². The van der Waals surface area contributed by atoms with Gasteiger partial charge in [0.15, 0.2) is 0 Å². The highest BCUT2D eigenvalue weighted by molar-refractivity contribution is 5.87. The molecule has 5 nitrogen and oxygen atoms in total. The number of Topliss-reactive ketones (excluding diaryl/α,β-unsaturated/α-hetero) is 1. The summed E-state index contributed by atoms with van der Waals surface area (Å²) in [5.41, 5.74) is 4.37. The SMILES string of the molecule is C[C@@H]1C[C@@]2(O)C[C@@H](OC(=O)CCN)CC[C@]2(C)[C@H]2CC[C@]3(C)C(=O)CC[C@H]3[C@H]12. The second kappa shape index (κ2) is 6.80. The van der Waals surface area contributed by atoms with Crippen LogP contribution in [0.25, 0.3) is 0 Å². The summed E-state index contributed by atoms with van der Waals surface area (Å²) < 4.78 is 5.64. The van der Waals surface area contributed by atoms with Crippen LogP contribution in [0.1, 0.15) is 78.6 Å². The number of carbonyl (C=O) groups excluding carboxylic acids is 2. The number of ketones is 1. The van der Waals surface area contributed by atoms with Crippen LogP contribution in [0.4, 0.5) is 0 Å². The van der Waals surface area contributed by atoms with Gasteiger partial charge in [0.25, 0.3) is 0 Å². The van der Waals surface area contributed by atoms with Crippen LogP contribution in [0.5, 0.6) is 0 Å². The maximum Gasteiger partial charge on any atom is 0.307 e. The third-order valence-corrected chi connectivity index (χ3v) is 9.44. The monoisotopic (exact) mass is 391 g/mol. The Labute approximate surface area is 168 Å². The van der Waals surface area contributed by atoms with E-state index >= 15 is 0 Å². The minimum atomic E-state index is -0.796. The van der Waals surface area contributed by atoms with E-state index in [0.717, 1.165) is 44.9 Å². The van der Waals surface area contributed by atoms with Crippen LogP contribution in [0.3, 0.4) is 0 Å². The molecule has 4 aliphatic carbocycles. The zero-order valence-electron chi connectivity index (χ0n) is 17.7. The first-order chi connectivity index (χ1) is 13.1. The first-order valence-electron chi connectivity index (χ1n) is 11.3. The van der Waals surface area contributed by atoms with Gasteiger partial charge in [-0.15, -0.1) is 0 Å². The highest BCUT2D eigenvalue weighted by Crippen LogP contribution is 2.68. The molecule has 4 aliphatic rings. The minimum absolute atomic E-state index is 0.143. The molecular formula is C23H37NO4. The second-order valence-electron chi connectivity index (χ2n) is 10.7. The number of nitrogens with two attached hydrogens (primary N) is 1. The average Bonchev–Trinajstić information content (AvgIpc) is 2.92. The summed E-state index contributed by atoms with van der Waals surface area (Å²) in [6, 6.07) is 0. The number of hydrogen-bond donors (Lipinski definition) is 2. The Morgan fingerprint density at radius 3 is 2.64 bits per heavy atom. The van der Waals surface area contributed by atoms with Gasteiger partial charge in [-0.05, 0) is 67.6 Å². The number of hydrogen-bond acceptors (Lipinski definition) is 5. The number of ether oxygens (including phenoxy) is 1. The molecular weight excluding hydrogens is 354 g/mol. The Bertz CT molecular complexity index is 665. The quantitative estimate of drug-likeness (QED) is 0.721. The van der Waals surface area contributed by atoms with Crippen LogP contribution >= 0.6 is 0 Å². The van der Waals surface area contributed by atoms with Gasteiger partial charge in [-0.2, -0.15) is 0 Å². The van der Waals surface area contributed by atoms with Gasteiger partial charge in [0.05, 0.1) is 12.0 Å². The van der Waals surface area contributed by atoms with Gasteiger partial charge in [-0.25, -0.2) is 0 Å². The molecule has 0 aromatic rings. The Morgan fingerprint density at radius 2 is 1.93 bits per heavy atom. The predicted molar refractivity (Wildman–Crippen MR) is 106 cm³/mol. The Kier molecular flexibility index (Phi) is 4.94. The third-order valence-electron chi connectivity index (χ3n) is 9.44. The summed E-state index contributed by atoms with van der Waals surface area (Å²) in [6.07, 6.45) is 6.76. The topological polar surface area (TPSA) is 89.6 Å². The molecule has 158 valence electrons. The highest BCUT2D eigenvalue weighted by atomic mass is 16.5. The molecule has 0 aromatic carbocycles. The molecule has 4 rings (SSSR count). The van der Waals surface area contributed by atoms with Crippen molar-refractivity contribution in [2.45, 2.75) is 90.3 Å². The maximum atomic E-state index is 12.6. The smallest absolute Gasteiger partial charge is 0.307 e. The van der Waals surface area contributed by atoms with E-state index in [0.29, 0.717) is 42.4 Å². The van der Waals surface area contributed by atoms with Gasteiger partial charge in [-0.3, -0.25) is 9.59 Å². The fourth-order valence-electron chi connectivity index (χ4n) is 7.89. The summed E-state index contributed by atoms with van der Waals surface area (Å²) in [5, 5.41) is 11.8. The first kappa shape index (κ1) is 20.3. The zero-order chi connectivity index (χ0) is 20.3. The molecule has 4 fully saturated rings. The number of fused-ring (bicyclic) bond motifs is 5. The van der Waals surface area contributed by atoms with Gasteiger partial charge < -0.3 is 15.6 Å². The van der Waals surface area contributed by atoms with E-state index in [1.807, 2.05) is 0 Å². The van der Waals surface area contributed by atoms with Gasteiger partial charge in [0.2, 0.25) is 0 Å². The molecule has 28 heavy (non-hydrogen) atoms. The molecule has 4 saturated carbocycles. The molecule has 5 heteroatoms. The van der Waals surface area contributed by atoms with Crippen molar-refractivity contribution in [3.05, 3.63) is 0 Å². The molecule has 0 unspecified atom stereocenters. The van der Waals surface area contributed by atoms with Crippen molar-refractivity contribution in [3.63, 3.8) is 0 Å². The van der Waals surface area contributed by atoms with Crippen molar-refractivity contribution in [2.75, 3.05) is 6.54 Å². The van der Waals surface area contributed by atoms with Gasteiger partial charge in [0, 0.05) is 24.8 Å². The van der Waals surface area contributed by atoms with Crippen molar-refractivity contribution in [1.82, 2.24) is 0 Å².